The third kappa shape index (κ3) is 4.13. The predicted molar refractivity (Wildman–Crippen MR) is 96.4 cm³/mol. The number of aromatic amines is 1. The molecule has 2 amide bonds. The van der Waals surface area contributed by atoms with Crippen LogP contribution in [0.5, 0.6) is 0 Å². The molecule has 1 aliphatic heterocycles. The fraction of sp³-hybridized carbons (Fsp3) is 0.474. The average Bonchev–Trinajstić information content (AvgIpc) is 3.05. The lowest BCUT2D eigenvalue weighted by Crippen LogP contribution is -2.50. The summed E-state index contributed by atoms with van der Waals surface area (Å²) in [5.74, 6) is 0.170. The summed E-state index contributed by atoms with van der Waals surface area (Å²) >= 11 is 0. The quantitative estimate of drug-likeness (QED) is 0.908. The monoisotopic (exact) mass is 343 g/mol. The number of nitrogens with one attached hydrogen (secondary N) is 1. The van der Waals surface area contributed by atoms with E-state index < -0.39 is 0 Å². The Bertz CT molecular complexity index is 732. The van der Waals surface area contributed by atoms with Crippen molar-refractivity contribution in [3.8, 4) is 0 Å². The molecule has 0 saturated carbocycles. The molecule has 1 fully saturated rings. The number of aryl methyl sites for hydroxylation is 1. The second-order valence-corrected chi connectivity index (χ2v) is 6.28. The van der Waals surface area contributed by atoms with Crippen LogP contribution in [0.15, 0.2) is 30.5 Å². The van der Waals surface area contributed by atoms with Crippen LogP contribution in [0.1, 0.15) is 25.3 Å². The number of ether oxygens (including phenoxy) is 1. The van der Waals surface area contributed by atoms with E-state index in [0.717, 1.165) is 18.4 Å². The second-order valence-electron chi connectivity index (χ2n) is 6.28. The van der Waals surface area contributed by atoms with E-state index in [1.165, 1.54) is 10.9 Å². The van der Waals surface area contributed by atoms with Gasteiger partial charge in [0.25, 0.3) is 0 Å². The van der Waals surface area contributed by atoms with Crippen LogP contribution >= 0.6 is 0 Å². The molecule has 25 heavy (non-hydrogen) atoms. The van der Waals surface area contributed by atoms with Gasteiger partial charge in [0.05, 0.1) is 6.61 Å². The van der Waals surface area contributed by atoms with Gasteiger partial charge in [0.1, 0.15) is 0 Å². The first-order valence-corrected chi connectivity index (χ1v) is 8.93. The first kappa shape index (κ1) is 17.3. The van der Waals surface area contributed by atoms with Crippen LogP contribution < -0.4 is 0 Å². The molecule has 1 aliphatic rings. The van der Waals surface area contributed by atoms with Gasteiger partial charge < -0.3 is 19.5 Å². The third-order valence-corrected chi connectivity index (χ3v) is 4.67. The number of hydrogen-bond donors (Lipinski definition) is 1. The van der Waals surface area contributed by atoms with E-state index in [1.807, 2.05) is 23.2 Å². The fourth-order valence-electron chi connectivity index (χ4n) is 3.28. The Hall–Kier alpha value is -2.50. The molecule has 1 aromatic heterocycles. The fourth-order valence-corrected chi connectivity index (χ4v) is 3.28. The summed E-state index contributed by atoms with van der Waals surface area (Å²) in [4.78, 5) is 30.8. The third-order valence-electron chi connectivity index (χ3n) is 4.67. The zero-order valence-electron chi connectivity index (χ0n) is 14.7. The number of fused-ring (bicyclic) bond motifs is 1. The Labute approximate surface area is 147 Å². The molecule has 0 unspecified atom stereocenters. The first-order chi connectivity index (χ1) is 12.2. The molecule has 2 heterocycles. The van der Waals surface area contributed by atoms with Crippen LogP contribution in [0.3, 0.4) is 0 Å². The topological polar surface area (TPSA) is 65.6 Å². The Balaban J connectivity index is 1.43. The lowest BCUT2D eigenvalue weighted by atomic mass is 10.1. The average molecular weight is 343 g/mol. The van der Waals surface area contributed by atoms with Gasteiger partial charge in [-0.25, -0.2) is 4.79 Å². The van der Waals surface area contributed by atoms with Crippen LogP contribution in [-0.2, 0) is 16.0 Å². The van der Waals surface area contributed by atoms with Crippen molar-refractivity contribution < 1.29 is 14.3 Å². The molecular formula is C19H25N3O3. The molecule has 2 aromatic rings. The van der Waals surface area contributed by atoms with Crippen molar-refractivity contribution in [2.75, 3.05) is 32.8 Å². The number of rotatable bonds is 5. The molecule has 6 nitrogen and oxygen atoms in total. The number of aromatic nitrogens is 1. The van der Waals surface area contributed by atoms with Crippen LogP contribution in [0.4, 0.5) is 4.79 Å². The molecule has 1 N–H and O–H groups in total. The maximum Gasteiger partial charge on any atom is 0.409 e. The smallest absolute Gasteiger partial charge is 0.409 e. The van der Waals surface area contributed by atoms with Crippen molar-refractivity contribution in [2.45, 2.75) is 26.2 Å². The summed E-state index contributed by atoms with van der Waals surface area (Å²) in [5, 5.41) is 1.23. The van der Waals surface area contributed by atoms with Gasteiger partial charge in [-0.2, -0.15) is 0 Å². The number of nitrogens with zero attached hydrogens (tertiary/aromatic N) is 2. The first-order valence-electron chi connectivity index (χ1n) is 8.93. The number of hydrogen-bond acceptors (Lipinski definition) is 3. The van der Waals surface area contributed by atoms with Crippen LogP contribution in [-0.4, -0.2) is 59.6 Å². The highest BCUT2D eigenvalue weighted by Crippen LogP contribution is 2.19. The van der Waals surface area contributed by atoms with Crippen molar-refractivity contribution in [3.63, 3.8) is 0 Å². The van der Waals surface area contributed by atoms with Crippen LogP contribution in [0, 0.1) is 0 Å². The Morgan fingerprint density at radius 3 is 2.60 bits per heavy atom. The standard InChI is InChI=1S/C19H25N3O3/c1-2-25-19(24)22-12-10-21(11-13-22)18(23)9-5-6-15-14-20-17-8-4-3-7-16(15)17/h3-4,7-8,14,20H,2,5-6,9-13H2,1H3. The van der Waals surface area contributed by atoms with Gasteiger partial charge in [-0.3, -0.25) is 4.79 Å². The van der Waals surface area contributed by atoms with Crippen molar-refractivity contribution in [1.29, 1.82) is 0 Å². The molecule has 1 aromatic carbocycles. The molecule has 0 aliphatic carbocycles. The number of benzene rings is 1. The van der Waals surface area contributed by atoms with E-state index in [9.17, 15) is 9.59 Å². The highest BCUT2D eigenvalue weighted by molar-refractivity contribution is 5.83. The van der Waals surface area contributed by atoms with E-state index in [-0.39, 0.29) is 12.0 Å². The van der Waals surface area contributed by atoms with Crippen molar-refractivity contribution >= 4 is 22.9 Å². The van der Waals surface area contributed by atoms with Crippen molar-refractivity contribution in [3.05, 3.63) is 36.0 Å². The van der Waals surface area contributed by atoms with Gasteiger partial charge in [0, 0.05) is 49.7 Å². The summed E-state index contributed by atoms with van der Waals surface area (Å²) < 4.78 is 5.00. The SMILES string of the molecule is CCOC(=O)N1CCN(C(=O)CCCc2c[nH]c3ccccc23)CC1. The van der Waals surface area contributed by atoms with Gasteiger partial charge in [0.2, 0.25) is 5.91 Å². The molecule has 0 radical (unpaired) electrons. The zero-order valence-corrected chi connectivity index (χ0v) is 14.7. The minimum absolute atomic E-state index is 0.170. The largest absolute Gasteiger partial charge is 0.450 e. The number of carbonyl (C=O) groups excluding carboxylic acids is 2. The van der Waals surface area contributed by atoms with Gasteiger partial charge in [-0.1, -0.05) is 18.2 Å². The van der Waals surface area contributed by atoms with Crippen LogP contribution in [0.2, 0.25) is 0 Å². The molecule has 0 bridgehead atoms. The summed E-state index contributed by atoms with van der Waals surface area (Å²) in [6, 6.07) is 8.22. The Morgan fingerprint density at radius 1 is 1.12 bits per heavy atom. The minimum atomic E-state index is -0.283. The van der Waals surface area contributed by atoms with Crippen LogP contribution in [0.25, 0.3) is 10.9 Å². The lowest BCUT2D eigenvalue weighted by molar-refractivity contribution is -0.132. The number of H-pyrrole nitrogens is 1. The van der Waals surface area contributed by atoms with Gasteiger partial charge in [-0.15, -0.1) is 0 Å². The van der Waals surface area contributed by atoms with Gasteiger partial charge in [0.15, 0.2) is 0 Å². The van der Waals surface area contributed by atoms with E-state index in [1.54, 1.807) is 11.8 Å². The molecule has 134 valence electrons. The second kappa shape index (κ2) is 8.05. The summed E-state index contributed by atoms with van der Waals surface area (Å²) in [6.45, 7) is 4.45. The van der Waals surface area contributed by atoms with Gasteiger partial charge in [-0.05, 0) is 31.4 Å². The summed E-state index contributed by atoms with van der Waals surface area (Å²) in [7, 11) is 0. The number of para-hydroxylation sites is 1. The Kier molecular flexibility index (Phi) is 5.58. The molecule has 6 heteroatoms. The molecule has 3 rings (SSSR count). The highest BCUT2D eigenvalue weighted by Gasteiger charge is 2.24. The molecule has 0 atom stereocenters. The van der Waals surface area contributed by atoms with E-state index in [0.29, 0.717) is 39.2 Å². The van der Waals surface area contributed by atoms with E-state index >= 15 is 0 Å². The number of piperazine rings is 1. The molecular weight excluding hydrogens is 318 g/mol. The Morgan fingerprint density at radius 2 is 1.84 bits per heavy atom. The van der Waals surface area contributed by atoms with Crippen molar-refractivity contribution in [1.82, 2.24) is 14.8 Å². The van der Waals surface area contributed by atoms with E-state index in [4.69, 9.17) is 4.74 Å². The molecule has 1 saturated heterocycles. The normalized spacial score (nSPS) is 14.8. The lowest BCUT2D eigenvalue weighted by Gasteiger charge is -2.34. The number of amides is 2. The summed E-state index contributed by atoms with van der Waals surface area (Å²) in [5.41, 5.74) is 2.40. The van der Waals surface area contributed by atoms with E-state index in [2.05, 4.69) is 17.1 Å². The van der Waals surface area contributed by atoms with Gasteiger partial charge >= 0.3 is 6.09 Å². The maximum absolute atomic E-state index is 12.4. The summed E-state index contributed by atoms with van der Waals surface area (Å²) in [6.07, 6.45) is 4.01. The maximum atomic E-state index is 12.4. The molecule has 0 spiro atoms. The minimum Gasteiger partial charge on any atom is -0.450 e. The highest BCUT2D eigenvalue weighted by atomic mass is 16.6. The predicted octanol–water partition coefficient (Wildman–Crippen LogP) is 2.79. The number of carbonyl (C=O) groups is 2. The van der Waals surface area contributed by atoms with Crippen molar-refractivity contribution in [2.24, 2.45) is 0 Å². The zero-order chi connectivity index (χ0) is 17.6.